The van der Waals surface area contributed by atoms with Gasteiger partial charge in [0.05, 0.1) is 24.4 Å². The Labute approximate surface area is 113 Å². The molecule has 0 aliphatic rings. The van der Waals surface area contributed by atoms with Crippen LogP contribution in [0.2, 0.25) is 0 Å². The number of nitrogens with zero attached hydrogens (tertiary/aromatic N) is 2. The zero-order chi connectivity index (χ0) is 13.5. The van der Waals surface area contributed by atoms with Crippen LogP contribution in [0.15, 0.2) is 24.3 Å². The molecule has 2 rings (SSSR count). The standard InChI is InChI=1S/C15H19N3O/c1-3-4-10-18-15-8-6-5-7-13(15)14(17-18)12-16-9-11-19-2/h1,5-8,16H,4,9-12H2,2H3. The number of aromatic nitrogens is 2. The molecule has 0 aliphatic heterocycles. The number of nitrogens with one attached hydrogen (secondary N) is 1. The Bertz CT molecular complexity index is 568. The van der Waals surface area contributed by atoms with Crippen LogP contribution in [0.4, 0.5) is 0 Å². The van der Waals surface area contributed by atoms with Crippen LogP contribution < -0.4 is 5.32 Å². The summed E-state index contributed by atoms with van der Waals surface area (Å²) >= 11 is 0. The summed E-state index contributed by atoms with van der Waals surface area (Å²) in [5.41, 5.74) is 2.20. The van der Waals surface area contributed by atoms with Gasteiger partial charge < -0.3 is 10.1 Å². The first kappa shape index (κ1) is 13.6. The van der Waals surface area contributed by atoms with Crippen LogP contribution in [0.3, 0.4) is 0 Å². The van der Waals surface area contributed by atoms with Gasteiger partial charge in [-0.25, -0.2) is 0 Å². The number of methoxy groups -OCH3 is 1. The molecule has 100 valence electrons. The van der Waals surface area contributed by atoms with Gasteiger partial charge >= 0.3 is 0 Å². The Morgan fingerprint density at radius 2 is 2.26 bits per heavy atom. The SMILES string of the molecule is C#CCCn1nc(CNCCOC)c2ccccc21. The molecule has 1 N–H and O–H groups in total. The molecule has 19 heavy (non-hydrogen) atoms. The Morgan fingerprint density at radius 3 is 3.05 bits per heavy atom. The number of benzene rings is 1. The van der Waals surface area contributed by atoms with Gasteiger partial charge in [0.1, 0.15) is 0 Å². The largest absolute Gasteiger partial charge is 0.383 e. The van der Waals surface area contributed by atoms with Gasteiger partial charge in [-0.05, 0) is 6.07 Å². The van der Waals surface area contributed by atoms with E-state index in [-0.39, 0.29) is 0 Å². The molecule has 0 spiro atoms. The van der Waals surface area contributed by atoms with Gasteiger partial charge in [-0.15, -0.1) is 12.3 Å². The first-order valence-electron chi connectivity index (χ1n) is 6.44. The summed E-state index contributed by atoms with van der Waals surface area (Å²) in [5, 5.41) is 9.15. The normalized spacial score (nSPS) is 10.7. The number of hydrogen-bond donors (Lipinski definition) is 1. The van der Waals surface area contributed by atoms with Gasteiger partial charge in [-0.3, -0.25) is 4.68 Å². The highest BCUT2D eigenvalue weighted by atomic mass is 16.5. The summed E-state index contributed by atoms with van der Waals surface area (Å²) in [6, 6.07) is 8.24. The number of fused-ring (bicyclic) bond motifs is 1. The molecular weight excluding hydrogens is 238 g/mol. The molecule has 4 heteroatoms. The Kier molecular flexibility index (Phi) is 4.96. The van der Waals surface area contributed by atoms with Gasteiger partial charge in [0.2, 0.25) is 0 Å². The second-order valence-corrected chi connectivity index (χ2v) is 4.31. The molecule has 1 aromatic carbocycles. The number of para-hydroxylation sites is 1. The third-order valence-electron chi connectivity index (χ3n) is 2.98. The lowest BCUT2D eigenvalue weighted by Gasteiger charge is -2.01. The quantitative estimate of drug-likeness (QED) is 0.607. The van der Waals surface area contributed by atoms with E-state index in [1.165, 1.54) is 5.39 Å². The molecule has 0 atom stereocenters. The van der Waals surface area contributed by atoms with Gasteiger partial charge in [0, 0.05) is 32.0 Å². The summed E-state index contributed by atoms with van der Waals surface area (Å²) in [7, 11) is 1.70. The molecule has 2 aromatic rings. The van der Waals surface area contributed by atoms with Crippen molar-refractivity contribution in [3.05, 3.63) is 30.0 Å². The third kappa shape index (κ3) is 3.34. The van der Waals surface area contributed by atoms with E-state index in [1.807, 2.05) is 16.8 Å². The fraction of sp³-hybridized carbons (Fsp3) is 0.400. The predicted molar refractivity (Wildman–Crippen MR) is 76.8 cm³/mol. The average Bonchev–Trinajstić information content (AvgIpc) is 2.80. The van der Waals surface area contributed by atoms with Crippen molar-refractivity contribution >= 4 is 10.9 Å². The maximum atomic E-state index is 5.32. The van der Waals surface area contributed by atoms with Crippen molar-refractivity contribution in [2.24, 2.45) is 0 Å². The molecule has 0 saturated carbocycles. The van der Waals surface area contributed by atoms with E-state index in [0.717, 1.165) is 30.8 Å². The molecule has 0 fully saturated rings. The van der Waals surface area contributed by atoms with E-state index >= 15 is 0 Å². The molecule has 0 bridgehead atoms. The van der Waals surface area contributed by atoms with Crippen LogP contribution in [0.25, 0.3) is 10.9 Å². The van der Waals surface area contributed by atoms with Crippen LogP contribution in [-0.4, -0.2) is 30.0 Å². The van der Waals surface area contributed by atoms with E-state index in [2.05, 4.69) is 28.5 Å². The highest BCUT2D eigenvalue weighted by molar-refractivity contribution is 5.81. The van der Waals surface area contributed by atoms with Crippen molar-refractivity contribution in [2.45, 2.75) is 19.5 Å². The first-order valence-corrected chi connectivity index (χ1v) is 6.44. The Morgan fingerprint density at radius 1 is 1.42 bits per heavy atom. The number of rotatable bonds is 7. The number of hydrogen-bond acceptors (Lipinski definition) is 3. The molecule has 0 amide bonds. The van der Waals surface area contributed by atoms with Crippen LogP contribution in [0.1, 0.15) is 12.1 Å². The molecule has 1 aromatic heterocycles. The van der Waals surface area contributed by atoms with Gasteiger partial charge in [0.15, 0.2) is 0 Å². The molecule has 0 unspecified atom stereocenters. The van der Waals surface area contributed by atoms with E-state index < -0.39 is 0 Å². The molecule has 4 nitrogen and oxygen atoms in total. The molecule has 0 aliphatic carbocycles. The van der Waals surface area contributed by atoms with Crippen LogP contribution in [0, 0.1) is 12.3 Å². The fourth-order valence-electron chi connectivity index (χ4n) is 2.05. The minimum absolute atomic E-state index is 0.697. The van der Waals surface area contributed by atoms with Crippen LogP contribution in [0.5, 0.6) is 0 Å². The smallest absolute Gasteiger partial charge is 0.0841 e. The van der Waals surface area contributed by atoms with E-state index in [9.17, 15) is 0 Å². The maximum absolute atomic E-state index is 5.32. The fourth-order valence-corrected chi connectivity index (χ4v) is 2.05. The summed E-state index contributed by atoms with van der Waals surface area (Å²) in [6.45, 7) is 3.03. The van der Waals surface area contributed by atoms with Crippen LogP contribution >= 0.6 is 0 Å². The van der Waals surface area contributed by atoms with E-state index in [1.54, 1.807) is 7.11 Å². The lowest BCUT2D eigenvalue weighted by molar-refractivity contribution is 0.199. The molecular formula is C15H19N3O. The first-order chi connectivity index (χ1) is 9.36. The average molecular weight is 257 g/mol. The third-order valence-corrected chi connectivity index (χ3v) is 2.98. The monoisotopic (exact) mass is 257 g/mol. The maximum Gasteiger partial charge on any atom is 0.0841 e. The molecule has 0 radical (unpaired) electrons. The van der Waals surface area contributed by atoms with Gasteiger partial charge in [-0.1, -0.05) is 18.2 Å². The van der Waals surface area contributed by atoms with Crippen LogP contribution in [-0.2, 0) is 17.8 Å². The van der Waals surface area contributed by atoms with E-state index in [0.29, 0.717) is 13.0 Å². The lowest BCUT2D eigenvalue weighted by Crippen LogP contribution is -2.19. The summed E-state index contributed by atoms with van der Waals surface area (Å²) in [5.74, 6) is 2.66. The zero-order valence-corrected chi connectivity index (χ0v) is 11.2. The Balaban J connectivity index is 2.16. The summed E-state index contributed by atoms with van der Waals surface area (Å²) in [6.07, 6.45) is 6.02. The number of aryl methyl sites for hydroxylation is 1. The van der Waals surface area contributed by atoms with Crippen molar-refractivity contribution in [3.63, 3.8) is 0 Å². The summed E-state index contributed by atoms with van der Waals surface area (Å²) in [4.78, 5) is 0. The highest BCUT2D eigenvalue weighted by Crippen LogP contribution is 2.18. The topological polar surface area (TPSA) is 39.1 Å². The lowest BCUT2D eigenvalue weighted by atomic mass is 10.2. The predicted octanol–water partition coefficient (Wildman–Crippen LogP) is 1.80. The molecule has 1 heterocycles. The van der Waals surface area contributed by atoms with Gasteiger partial charge in [0.25, 0.3) is 0 Å². The van der Waals surface area contributed by atoms with E-state index in [4.69, 9.17) is 11.2 Å². The second kappa shape index (κ2) is 6.93. The minimum atomic E-state index is 0.697. The second-order valence-electron chi connectivity index (χ2n) is 4.31. The summed E-state index contributed by atoms with van der Waals surface area (Å²) < 4.78 is 7.00. The van der Waals surface area contributed by atoms with Crippen molar-refractivity contribution < 1.29 is 4.74 Å². The zero-order valence-electron chi connectivity index (χ0n) is 11.2. The Hall–Kier alpha value is -1.83. The minimum Gasteiger partial charge on any atom is -0.383 e. The molecule has 0 saturated heterocycles. The highest BCUT2D eigenvalue weighted by Gasteiger charge is 2.08. The van der Waals surface area contributed by atoms with Crippen molar-refractivity contribution in [1.29, 1.82) is 0 Å². The van der Waals surface area contributed by atoms with Crippen molar-refractivity contribution in [3.8, 4) is 12.3 Å². The number of terminal acetylenes is 1. The van der Waals surface area contributed by atoms with Crippen molar-refractivity contribution in [1.82, 2.24) is 15.1 Å². The number of ether oxygens (including phenoxy) is 1. The van der Waals surface area contributed by atoms with Gasteiger partial charge in [-0.2, -0.15) is 5.10 Å². The van der Waals surface area contributed by atoms with Crippen molar-refractivity contribution in [2.75, 3.05) is 20.3 Å².